The average Bonchev–Trinajstić information content (AvgIpc) is 2.93. The summed E-state index contributed by atoms with van der Waals surface area (Å²) in [5.74, 6) is 0.809. The number of aliphatic hydroxyl groups is 1. The number of fused-ring (bicyclic) bond motifs is 1. The van der Waals surface area contributed by atoms with Gasteiger partial charge in [0.1, 0.15) is 17.6 Å². The van der Waals surface area contributed by atoms with E-state index in [2.05, 4.69) is 26.2 Å². The molecule has 3 rings (SSSR count). The molecule has 0 radical (unpaired) electrons. The number of benzene rings is 2. The SMILES string of the molecule is O=C(C[n+]1c(NCCCO)[nH]c2ccccc21)c1cccc(Br)c1. The van der Waals surface area contributed by atoms with Crippen molar-refractivity contribution in [3.05, 3.63) is 58.6 Å². The van der Waals surface area contributed by atoms with Crippen molar-refractivity contribution < 1.29 is 14.5 Å². The molecule has 3 aromatic rings. The topological polar surface area (TPSA) is 69.0 Å². The molecule has 0 bridgehead atoms. The Morgan fingerprint density at radius 1 is 1.21 bits per heavy atom. The molecule has 1 heterocycles. The minimum absolute atomic E-state index is 0.0382. The van der Waals surface area contributed by atoms with Crippen LogP contribution in [0.1, 0.15) is 16.8 Å². The van der Waals surface area contributed by atoms with E-state index in [-0.39, 0.29) is 18.9 Å². The Morgan fingerprint density at radius 2 is 2.04 bits per heavy atom. The third kappa shape index (κ3) is 3.66. The Balaban J connectivity index is 1.91. The highest BCUT2D eigenvalue weighted by Gasteiger charge is 2.20. The lowest BCUT2D eigenvalue weighted by molar-refractivity contribution is -0.642. The average molecular weight is 389 g/mol. The van der Waals surface area contributed by atoms with Crippen molar-refractivity contribution >= 4 is 38.7 Å². The van der Waals surface area contributed by atoms with Crippen molar-refractivity contribution in [1.29, 1.82) is 0 Å². The van der Waals surface area contributed by atoms with E-state index in [1.165, 1.54) is 0 Å². The number of ketones is 1. The summed E-state index contributed by atoms with van der Waals surface area (Å²) in [6.07, 6.45) is 0.648. The van der Waals surface area contributed by atoms with Gasteiger partial charge in [-0.25, -0.2) is 9.55 Å². The molecule has 0 aliphatic heterocycles. The van der Waals surface area contributed by atoms with E-state index < -0.39 is 0 Å². The van der Waals surface area contributed by atoms with E-state index in [4.69, 9.17) is 5.11 Å². The molecule has 124 valence electrons. The Hall–Kier alpha value is -2.18. The van der Waals surface area contributed by atoms with Crippen molar-refractivity contribution in [2.45, 2.75) is 13.0 Å². The second kappa shape index (κ2) is 7.59. The minimum atomic E-state index is 0.0382. The maximum atomic E-state index is 12.7. The standard InChI is InChI=1S/C18H18BrN3O2/c19-14-6-3-5-13(11-14)17(24)12-22-16-8-2-1-7-15(16)21-18(22)20-9-4-10-23/h1-3,5-8,11,23H,4,9-10,12H2,(H,20,21)/p+1. The van der Waals surface area contributed by atoms with Gasteiger partial charge in [-0.3, -0.25) is 10.1 Å². The van der Waals surface area contributed by atoms with Crippen molar-refractivity contribution in [2.24, 2.45) is 0 Å². The number of nitrogens with one attached hydrogen (secondary N) is 2. The highest BCUT2D eigenvalue weighted by molar-refractivity contribution is 9.10. The molecule has 1 aromatic heterocycles. The van der Waals surface area contributed by atoms with E-state index >= 15 is 0 Å². The second-order valence-electron chi connectivity index (χ2n) is 5.51. The van der Waals surface area contributed by atoms with Gasteiger partial charge in [-0.05, 0) is 24.3 Å². The minimum Gasteiger partial charge on any atom is -0.396 e. The van der Waals surface area contributed by atoms with Crippen LogP contribution in [-0.4, -0.2) is 29.0 Å². The van der Waals surface area contributed by atoms with Crippen molar-refractivity contribution in [3.8, 4) is 0 Å². The quantitative estimate of drug-likeness (QED) is 0.331. The largest absolute Gasteiger partial charge is 0.396 e. The lowest BCUT2D eigenvalue weighted by Crippen LogP contribution is -2.40. The first-order valence-corrected chi connectivity index (χ1v) is 8.62. The van der Waals surface area contributed by atoms with Gasteiger partial charge in [0, 0.05) is 23.1 Å². The van der Waals surface area contributed by atoms with Crippen LogP contribution in [0.15, 0.2) is 53.0 Å². The third-order valence-electron chi connectivity index (χ3n) is 3.79. The second-order valence-corrected chi connectivity index (χ2v) is 6.43. The van der Waals surface area contributed by atoms with Crippen LogP contribution in [-0.2, 0) is 6.54 Å². The first-order valence-electron chi connectivity index (χ1n) is 7.83. The predicted octanol–water partition coefficient (Wildman–Crippen LogP) is 2.90. The highest BCUT2D eigenvalue weighted by atomic mass is 79.9. The summed E-state index contributed by atoms with van der Waals surface area (Å²) in [7, 11) is 0. The molecule has 0 atom stereocenters. The number of Topliss-reactive ketones (excluding diaryl/α,β-unsaturated/α-hetero) is 1. The molecule has 0 spiro atoms. The zero-order chi connectivity index (χ0) is 16.9. The van der Waals surface area contributed by atoms with Gasteiger partial charge >= 0.3 is 5.95 Å². The molecule has 0 fully saturated rings. The maximum Gasteiger partial charge on any atom is 0.356 e. The summed E-state index contributed by atoms with van der Waals surface area (Å²) in [5.41, 5.74) is 2.60. The fraction of sp³-hybridized carbons (Fsp3) is 0.222. The highest BCUT2D eigenvalue weighted by Crippen LogP contribution is 2.15. The van der Waals surface area contributed by atoms with Crippen LogP contribution in [0.4, 0.5) is 5.95 Å². The van der Waals surface area contributed by atoms with E-state index in [0.29, 0.717) is 18.5 Å². The van der Waals surface area contributed by atoms with Crippen LogP contribution in [0.2, 0.25) is 0 Å². The number of aromatic amines is 1. The first kappa shape index (κ1) is 16.7. The number of aromatic nitrogens is 2. The number of rotatable bonds is 7. The first-order chi connectivity index (χ1) is 11.7. The number of aliphatic hydroxyl groups excluding tert-OH is 1. The summed E-state index contributed by atoms with van der Waals surface area (Å²) >= 11 is 3.40. The van der Waals surface area contributed by atoms with E-state index in [9.17, 15) is 4.79 Å². The summed E-state index contributed by atoms with van der Waals surface area (Å²) in [6, 6.07) is 15.3. The molecule has 0 amide bonds. The fourth-order valence-corrected chi connectivity index (χ4v) is 3.02. The number of halogens is 1. The Kier molecular flexibility index (Phi) is 5.27. The summed E-state index contributed by atoms with van der Waals surface area (Å²) in [4.78, 5) is 16.0. The van der Waals surface area contributed by atoms with Gasteiger partial charge in [0.2, 0.25) is 0 Å². The molecular weight excluding hydrogens is 370 g/mol. The van der Waals surface area contributed by atoms with Gasteiger partial charge in [0.25, 0.3) is 0 Å². The Bertz CT molecular complexity index is 860. The zero-order valence-electron chi connectivity index (χ0n) is 13.1. The molecule has 0 unspecified atom stereocenters. The number of para-hydroxylation sites is 2. The van der Waals surface area contributed by atoms with Gasteiger partial charge in [-0.2, -0.15) is 0 Å². The number of carbonyl (C=O) groups excluding carboxylic acids is 1. The van der Waals surface area contributed by atoms with Crippen LogP contribution in [0.25, 0.3) is 11.0 Å². The third-order valence-corrected chi connectivity index (χ3v) is 4.29. The monoisotopic (exact) mass is 388 g/mol. The van der Waals surface area contributed by atoms with Gasteiger partial charge in [0.05, 0.1) is 6.54 Å². The lowest BCUT2D eigenvalue weighted by atomic mass is 10.1. The van der Waals surface area contributed by atoms with Crippen molar-refractivity contribution in [3.63, 3.8) is 0 Å². The molecule has 0 aliphatic carbocycles. The predicted molar refractivity (Wildman–Crippen MR) is 97.2 cm³/mol. The maximum absolute atomic E-state index is 12.7. The number of hydrogen-bond donors (Lipinski definition) is 3. The van der Waals surface area contributed by atoms with Crippen molar-refractivity contribution in [2.75, 3.05) is 18.5 Å². The molecule has 5 nitrogen and oxygen atoms in total. The number of imidazole rings is 1. The number of anilines is 1. The molecule has 3 N–H and O–H groups in total. The summed E-state index contributed by atoms with van der Waals surface area (Å²) in [5, 5.41) is 12.2. The van der Waals surface area contributed by atoms with Crippen LogP contribution in [0, 0.1) is 0 Å². The molecule has 2 aromatic carbocycles. The van der Waals surface area contributed by atoms with Crippen LogP contribution < -0.4 is 9.88 Å². The lowest BCUT2D eigenvalue weighted by Gasteiger charge is -2.04. The number of carbonyl (C=O) groups is 1. The van der Waals surface area contributed by atoms with E-state index in [0.717, 1.165) is 21.5 Å². The van der Waals surface area contributed by atoms with Crippen LogP contribution in [0.3, 0.4) is 0 Å². The van der Waals surface area contributed by atoms with E-state index in [1.54, 1.807) is 0 Å². The summed E-state index contributed by atoms with van der Waals surface area (Å²) < 4.78 is 2.83. The van der Waals surface area contributed by atoms with Gasteiger partial charge < -0.3 is 5.11 Å². The van der Waals surface area contributed by atoms with Crippen LogP contribution >= 0.6 is 15.9 Å². The number of nitrogens with zero attached hydrogens (tertiary/aromatic N) is 1. The Morgan fingerprint density at radius 3 is 2.83 bits per heavy atom. The van der Waals surface area contributed by atoms with Gasteiger partial charge in [-0.15, -0.1) is 0 Å². The summed E-state index contributed by atoms with van der Waals surface area (Å²) in [6.45, 7) is 1.00. The Labute approximate surface area is 148 Å². The molecular formula is C18H19BrN3O2+. The smallest absolute Gasteiger partial charge is 0.356 e. The molecule has 24 heavy (non-hydrogen) atoms. The molecule has 0 saturated carbocycles. The van der Waals surface area contributed by atoms with Crippen molar-refractivity contribution in [1.82, 2.24) is 4.98 Å². The van der Waals surface area contributed by atoms with Crippen LogP contribution in [0.5, 0.6) is 0 Å². The van der Waals surface area contributed by atoms with Gasteiger partial charge in [-0.1, -0.05) is 40.2 Å². The molecule has 0 saturated heterocycles. The zero-order valence-corrected chi connectivity index (χ0v) is 14.7. The normalized spacial score (nSPS) is 10.9. The molecule has 0 aliphatic rings. The number of hydrogen-bond acceptors (Lipinski definition) is 3. The molecule has 6 heteroatoms. The van der Waals surface area contributed by atoms with Gasteiger partial charge in [0.15, 0.2) is 5.78 Å². The fourth-order valence-electron chi connectivity index (χ4n) is 2.62. The van der Waals surface area contributed by atoms with E-state index in [1.807, 2.05) is 53.1 Å². The number of H-pyrrole nitrogens is 1.